The Morgan fingerprint density at radius 2 is 1.90 bits per heavy atom. The van der Waals surface area contributed by atoms with Crippen molar-refractivity contribution in [1.82, 2.24) is 9.88 Å². The molecule has 4 rings (SSSR count). The Morgan fingerprint density at radius 1 is 1.17 bits per heavy atom. The summed E-state index contributed by atoms with van der Waals surface area (Å²) in [5.74, 6) is 0.687. The molecule has 0 bridgehead atoms. The van der Waals surface area contributed by atoms with Crippen molar-refractivity contribution in [2.75, 3.05) is 6.54 Å². The smallest absolute Gasteiger partial charge is 0.328 e. The molecule has 1 N–H and O–H groups in total. The molecule has 1 atom stereocenters. The first-order valence-corrected chi connectivity index (χ1v) is 10.4. The van der Waals surface area contributed by atoms with Crippen LogP contribution in [0.1, 0.15) is 47.2 Å². The monoisotopic (exact) mass is 422 g/mol. The summed E-state index contributed by atoms with van der Waals surface area (Å²) in [7, 11) is 0. The van der Waals surface area contributed by atoms with Crippen LogP contribution in [0.3, 0.4) is 0 Å². The average molecular weight is 423 g/mol. The third kappa shape index (κ3) is 5.17. The van der Waals surface area contributed by atoms with Crippen LogP contribution in [0.4, 0.5) is 0 Å². The van der Waals surface area contributed by atoms with E-state index in [1.165, 1.54) is 5.56 Å². The molecular formula is C24H23ClN2O3. The highest BCUT2D eigenvalue weighted by Crippen LogP contribution is 2.33. The highest BCUT2D eigenvalue weighted by molar-refractivity contribution is 6.30. The molecule has 0 aliphatic carbocycles. The van der Waals surface area contributed by atoms with Gasteiger partial charge in [0.25, 0.3) is 0 Å². The zero-order chi connectivity index (χ0) is 20.9. The number of carbonyl (C=O) groups is 1. The first-order chi connectivity index (χ1) is 14.6. The Balaban J connectivity index is 1.40. The Hall–Kier alpha value is -2.89. The van der Waals surface area contributed by atoms with Gasteiger partial charge in [0.1, 0.15) is 5.76 Å². The zero-order valence-electron chi connectivity index (χ0n) is 16.5. The van der Waals surface area contributed by atoms with Gasteiger partial charge >= 0.3 is 5.97 Å². The SMILES string of the molecule is O=C(O)/C=C/c1ccc(CN2CCC[C@@H]2c2ncc(Cc3ccc(Cl)cc3)o2)cc1. The molecule has 0 amide bonds. The van der Waals surface area contributed by atoms with Crippen LogP contribution in [-0.2, 0) is 17.8 Å². The molecule has 2 heterocycles. The second-order valence-corrected chi connectivity index (χ2v) is 7.95. The van der Waals surface area contributed by atoms with E-state index in [0.717, 1.165) is 59.8 Å². The molecule has 0 radical (unpaired) electrons. The van der Waals surface area contributed by atoms with E-state index >= 15 is 0 Å². The molecule has 1 aliphatic heterocycles. The van der Waals surface area contributed by atoms with Crippen molar-refractivity contribution in [2.45, 2.75) is 31.8 Å². The molecule has 0 saturated carbocycles. The van der Waals surface area contributed by atoms with Gasteiger partial charge in [-0.15, -0.1) is 0 Å². The number of benzene rings is 2. The third-order valence-corrected chi connectivity index (χ3v) is 5.55. The lowest BCUT2D eigenvalue weighted by Crippen LogP contribution is -2.22. The summed E-state index contributed by atoms with van der Waals surface area (Å²) in [6.07, 6.45) is 7.40. The van der Waals surface area contributed by atoms with E-state index in [-0.39, 0.29) is 6.04 Å². The molecule has 6 heteroatoms. The minimum Gasteiger partial charge on any atom is -0.478 e. The van der Waals surface area contributed by atoms with Crippen LogP contribution in [0.25, 0.3) is 6.08 Å². The standard InChI is InChI=1S/C24H23ClN2O3/c25-20-10-7-18(8-11-20)14-21-15-26-24(30-21)22-2-1-13-27(22)16-19-5-3-17(4-6-19)9-12-23(28)29/h3-12,15,22H,1-2,13-14,16H2,(H,28,29)/b12-9+/t22-/m1/s1. The van der Waals surface area contributed by atoms with Gasteiger partial charge in [0, 0.05) is 24.1 Å². The highest BCUT2D eigenvalue weighted by atomic mass is 35.5. The molecule has 2 aromatic carbocycles. The summed E-state index contributed by atoms with van der Waals surface area (Å²) in [5.41, 5.74) is 3.20. The summed E-state index contributed by atoms with van der Waals surface area (Å²) >= 11 is 5.96. The summed E-state index contributed by atoms with van der Waals surface area (Å²) in [6.45, 7) is 1.81. The fraction of sp³-hybridized carbons (Fsp3) is 0.250. The van der Waals surface area contributed by atoms with Crippen molar-refractivity contribution in [3.63, 3.8) is 0 Å². The van der Waals surface area contributed by atoms with Gasteiger partial charge in [-0.2, -0.15) is 0 Å². The van der Waals surface area contributed by atoms with Crippen molar-refractivity contribution in [1.29, 1.82) is 0 Å². The molecule has 0 spiro atoms. The number of hydrogen-bond donors (Lipinski definition) is 1. The number of hydrogen-bond acceptors (Lipinski definition) is 4. The molecule has 1 aliphatic rings. The number of rotatable bonds is 7. The van der Waals surface area contributed by atoms with Crippen molar-refractivity contribution >= 4 is 23.6 Å². The second kappa shape index (κ2) is 9.28. The van der Waals surface area contributed by atoms with Crippen LogP contribution in [-0.4, -0.2) is 27.5 Å². The first kappa shape index (κ1) is 20.4. The van der Waals surface area contributed by atoms with E-state index in [0.29, 0.717) is 6.42 Å². The van der Waals surface area contributed by atoms with E-state index in [4.69, 9.17) is 21.1 Å². The number of aliphatic carboxylic acids is 1. The van der Waals surface area contributed by atoms with Gasteiger partial charge < -0.3 is 9.52 Å². The molecule has 154 valence electrons. The lowest BCUT2D eigenvalue weighted by atomic mass is 10.1. The lowest BCUT2D eigenvalue weighted by Gasteiger charge is -2.22. The number of carboxylic acid groups (broad SMARTS) is 1. The molecule has 3 aromatic rings. The van der Waals surface area contributed by atoms with Gasteiger partial charge in [-0.05, 0) is 54.3 Å². The normalized spacial score (nSPS) is 17.0. The molecule has 1 aromatic heterocycles. The van der Waals surface area contributed by atoms with Crippen LogP contribution in [0, 0.1) is 0 Å². The molecule has 1 saturated heterocycles. The fourth-order valence-corrected chi connectivity index (χ4v) is 3.92. The Labute approximate surface area is 180 Å². The van der Waals surface area contributed by atoms with E-state index < -0.39 is 5.97 Å². The van der Waals surface area contributed by atoms with Crippen molar-refractivity contribution < 1.29 is 14.3 Å². The maximum Gasteiger partial charge on any atom is 0.328 e. The highest BCUT2D eigenvalue weighted by Gasteiger charge is 2.29. The number of likely N-dealkylation sites (tertiary alicyclic amines) is 1. The molecule has 30 heavy (non-hydrogen) atoms. The summed E-state index contributed by atoms with van der Waals surface area (Å²) < 4.78 is 6.09. The minimum absolute atomic E-state index is 0.176. The van der Waals surface area contributed by atoms with Gasteiger partial charge in [-0.3, -0.25) is 4.90 Å². The van der Waals surface area contributed by atoms with Crippen LogP contribution < -0.4 is 0 Å². The molecule has 5 nitrogen and oxygen atoms in total. The molecule has 0 unspecified atom stereocenters. The quantitative estimate of drug-likeness (QED) is 0.519. The Bertz CT molecular complexity index is 1030. The maximum atomic E-state index is 10.6. The number of carboxylic acids is 1. The summed E-state index contributed by atoms with van der Waals surface area (Å²) in [4.78, 5) is 17.6. The van der Waals surface area contributed by atoms with Gasteiger partial charge in [0.2, 0.25) is 5.89 Å². The lowest BCUT2D eigenvalue weighted by molar-refractivity contribution is -0.131. The topological polar surface area (TPSA) is 66.6 Å². The van der Waals surface area contributed by atoms with Gasteiger partial charge in [-0.25, -0.2) is 9.78 Å². The van der Waals surface area contributed by atoms with Crippen molar-refractivity contribution in [3.05, 3.63) is 94.2 Å². The third-order valence-electron chi connectivity index (χ3n) is 5.30. The minimum atomic E-state index is -0.944. The predicted molar refractivity (Wildman–Crippen MR) is 116 cm³/mol. The fourth-order valence-electron chi connectivity index (χ4n) is 3.79. The van der Waals surface area contributed by atoms with Gasteiger partial charge in [0.15, 0.2) is 0 Å². The van der Waals surface area contributed by atoms with Crippen molar-refractivity contribution in [2.24, 2.45) is 0 Å². The van der Waals surface area contributed by atoms with Crippen LogP contribution in [0.2, 0.25) is 5.02 Å². The molecular weight excluding hydrogens is 400 g/mol. The van der Waals surface area contributed by atoms with Crippen LogP contribution >= 0.6 is 11.6 Å². The van der Waals surface area contributed by atoms with Crippen LogP contribution in [0.5, 0.6) is 0 Å². The Morgan fingerprint density at radius 3 is 2.63 bits per heavy atom. The summed E-state index contributed by atoms with van der Waals surface area (Å²) in [6, 6.07) is 15.9. The second-order valence-electron chi connectivity index (χ2n) is 7.51. The zero-order valence-corrected chi connectivity index (χ0v) is 17.3. The van der Waals surface area contributed by atoms with E-state index in [2.05, 4.69) is 9.88 Å². The molecule has 1 fully saturated rings. The van der Waals surface area contributed by atoms with Crippen LogP contribution in [0.15, 0.2) is 65.2 Å². The van der Waals surface area contributed by atoms with E-state index in [1.807, 2.05) is 54.7 Å². The predicted octanol–water partition coefficient (Wildman–Crippen LogP) is 5.35. The van der Waals surface area contributed by atoms with E-state index in [1.54, 1.807) is 6.08 Å². The Kier molecular flexibility index (Phi) is 6.31. The average Bonchev–Trinajstić information content (AvgIpc) is 3.38. The number of halogens is 1. The number of oxazole rings is 1. The number of aromatic nitrogens is 1. The number of nitrogens with zero attached hydrogens (tertiary/aromatic N) is 2. The maximum absolute atomic E-state index is 10.6. The van der Waals surface area contributed by atoms with Gasteiger partial charge in [0.05, 0.1) is 12.2 Å². The van der Waals surface area contributed by atoms with Crippen molar-refractivity contribution in [3.8, 4) is 0 Å². The largest absolute Gasteiger partial charge is 0.478 e. The summed E-state index contributed by atoms with van der Waals surface area (Å²) in [5, 5.41) is 9.46. The van der Waals surface area contributed by atoms with E-state index in [9.17, 15) is 4.79 Å². The first-order valence-electron chi connectivity index (χ1n) is 10.00. The van der Waals surface area contributed by atoms with Gasteiger partial charge in [-0.1, -0.05) is 48.0 Å².